The minimum absolute atomic E-state index is 0.645. The highest BCUT2D eigenvalue weighted by Crippen LogP contribution is 2.33. The second-order valence-electron chi connectivity index (χ2n) is 9.80. The zero-order valence-electron chi connectivity index (χ0n) is 20.2. The number of nitrogens with zero attached hydrogens (tertiary/aromatic N) is 4. The first-order valence-corrected chi connectivity index (χ1v) is 15.2. The lowest BCUT2D eigenvalue weighted by Crippen LogP contribution is -2.49. The lowest BCUT2D eigenvalue weighted by atomic mass is 10.0. The Hall–Kier alpha value is -4.35. The first kappa shape index (κ1) is 21.0. The van der Waals surface area contributed by atoms with Crippen molar-refractivity contribution in [1.82, 2.24) is 19.5 Å². The maximum absolute atomic E-state index is 5.00. The molecule has 0 atom stereocenters. The van der Waals surface area contributed by atoms with Crippen LogP contribution in [0.2, 0.25) is 13.1 Å². The number of hydrogen-bond acceptors (Lipinski definition) is 3. The lowest BCUT2D eigenvalue weighted by molar-refractivity contribution is 0.934. The molecule has 5 heteroatoms. The van der Waals surface area contributed by atoms with Gasteiger partial charge in [-0.2, -0.15) is 9.97 Å². The molecular weight excluding hydrogens is 456 g/mol. The summed E-state index contributed by atoms with van der Waals surface area (Å²) in [5.41, 5.74) is 5.87. The van der Waals surface area contributed by atoms with Gasteiger partial charge >= 0.3 is 0 Å². The molecule has 36 heavy (non-hydrogen) atoms. The third-order valence-corrected chi connectivity index (χ3v) is 10.8. The van der Waals surface area contributed by atoms with E-state index in [1.165, 1.54) is 32.4 Å². The third kappa shape index (κ3) is 3.10. The molecule has 2 aromatic heterocycles. The Balaban J connectivity index is 1.52. The van der Waals surface area contributed by atoms with E-state index in [-0.39, 0.29) is 0 Å². The van der Waals surface area contributed by atoms with Crippen molar-refractivity contribution in [2.75, 3.05) is 0 Å². The van der Waals surface area contributed by atoms with Crippen molar-refractivity contribution in [3.05, 3.63) is 109 Å². The van der Waals surface area contributed by atoms with Crippen LogP contribution in [0.5, 0.6) is 0 Å². The SMILES string of the molecule is C[Si]1(C)c2ccccc2-c2ccc3ccn(-c4nc(-c5ccccc5)nc(-c5ccccc5)n4)c3c21. The Morgan fingerprint density at radius 3 is 1.86 bits per heavy atom. The fourth-order valence-electron chi connectivity index (χ4n) is 5.56. The van der Waals surface area contributed by atoms with Crippen molar-refractivity contribution in [3.63, 3.8) is 0 Å². The van der Waals surface area contributed by atoms with Crippen LogP contribution < -0.4 is 10.4 Å². The molecule has 172 valence electrons. The molecule has 0 N–H and O–H groups in total. The Kier molecular flexibility index (Phi) is 4.56. The molecule has 3 heterocycles. The van der Waals surface area contributed by atoms with Gasteiger partial charge in [0.15, 0.2) is 11.6 Å². The van der Waals surface area contributed by atoms with Gasteiger partial charge in [0.25, 0.3) is 0 Å². The standard InChI is InChI=1S/C31H24N4Si/c1-36(2)26-16-10-9-15-24(26)25-18-17-21-19-20-35(27(21)28(25)36)31-33-29(22-11-5-3-6-12-22)32-30(34-31)23-13-7-4-8-14-23/h3-20H,1-2H3. The van der Waals surface area contributed by atoms with Gasteiger partial charge in [0.1, 0.15) is 8.07 Å². The van der Waals surface area contributed by atoms with Gasteiger partial charge in [-0.15, -0.1) is 0 Å². The number of hydrogen-bond donors (Lipinski definition) is 0. The van der Waals surface area contributed by atoms with Crippen LogP contribution in [-0.2, 0) is 0 Å². The predicted molar refractivity (Wildman–Crippen MR) is 150 cm³/mol. The van der Waals surface area contributed by atoms with Gasteiger partial charge in [0, 0.05) is 17.3 Å². The molecule has 0 bridgehead atoms. The van der Waals surface area contributed by atoms with Gasteiger partial charge in [-0.3, -0.25) is 4.57 Å². The highest BCUT2D eigenvalue weighted by molar-refractivity contribution is 7.05. The first-order chi connectivity index (χ1) is 17.6. The summed E-state index contributed by atoms with van der Waals surface area (Å²) >= 11 is 0. The molecule has 7 rings (SSSR count). The van der Waals surface area contributed by atoms with Crippen molar-refractivity contribution >= 4 is 29.4 Å². The molecule has 0 saturated heterocycles. The molecule has 4 nitrogen and oxygen atoms in total. The number of fused-ring (bicyclic) bond motifs is 5. The monoisotopic (exact) mass is 480 g/mol. The highest BCUT2D eigenvalue weighted by atomic mass is 28.3. The summed E-state index contributed by atoms with van der Waals surface area (Å²) in [4.78, 5) is 14.9. The van der Waals surface area contributed by atoms with Crippen molar-refractivity contribution in [2.24, 2.45) is 0 Å². The van der Waals surface area contributed by atoms with E-state index >= 15 is 0 Å². The van der Waals surface area contributed by atoms with Crippen LogP contribution in [0.3, 0.4) is 0 Å². The molecule has 0 unspecified atom stereocenters. The van der Waals surface area contributed by atoms with Crippen LogP contribution in [0, 0.1) is 0 Å². The van der Waals surface area contributed by atoms with Gasteiger partial charge in [0.2, 0.25) is 5.95 Å². The number of rotatable bonds is 3. The van der Waals surface area contributed by atoms with Crippen LogP contribution in [0.15, 0.2) is 109 Å². The van der Waals surface area contributed by atoms with Gasteiger partial charge in [-0.25, -0.2) is 4.98 Å². The lowest BCUT2D eigenvalue weighted by Gasteiger charge is -2.21. The molecule has 1 aliphatic rings. The smallest absolute Gasteiger partial charge is 0.238 e. The van der Waals surface area contributed by atoms with Crippen LogP contribution in [-0.4, -0.2) is 27.6 Å². The summed E-state index contributed by atoms with van der Waals surface area (Å²) in [5.74, 6) is 1.99. The summed E-state index contributed by atoms with van der Waals surface area (Å²) in [6, 6.07) is 35.9. The largest absolute Gasteiger partial charge is 0.285 e. The minimum Gasteiger partial charge on any atom is -0.285 e. The third-order valence-electron chi connectivity index (χ3n) is 7.27. The summed E-state index contributed by atoms with van der Waals surface area (Å²) in [6.45, 7) is 4.90. The average molecular weight is 481 g/mol. The maximum atomic E-state index is 5.00. The summed E-state index contributed by atoms with van der Waals surface area (Å²) in [6.07, 6.45) is 2.11. The molecular formula is C31H24N4Si. The second kappa shape index (κ2) is 7.83. The number of benzene rings is 4. The summed E-state index contributed by atoms with van der Waals surface area (Å²) in [5, 5.41) is 4.16. The molecule has 1 aliphatic heterocycles. The van der Waals surface area contributed by atoms with Gasteiger partial charge in [0.05, 0.1) is 5.52 Å². The topological polar surface area (TPSA) is 43.6 Å². The normalized spacial score (nSPS) is 13.5. The van der Waals surface area contributed by atoms with Crippen LogP contribution >= 0.6 is 0 Å². The van der Waals surface area contributed by atoms with Crippen LogP contribution in [0.1, 0.15) is 0 Å². The fourth-order valence-corrected chi connectivity index (χ4v) is 8.98. The van der Waals surface area contributed by atoms with E-state index in [0.29, 0.717) is 17.6 Å². The van der Waals surface area contributed by atoms with Crippen molar-refractivity contribution in [3.8, 4) is 39.9 Å². The van der Waals surface area contributed by atoms with E-state index in [0.717, 1.165) is 11.1 Å². The molecule has 0 saturated carbocycles. The van der Waals surface area contributed by atoms with Gasteiger partial charge in [-0.1, -0.05) is 110 Å². The predicted octanol–water partition coefficient (Wildman–Crippen LogP) is 5.95. The molecule has 0 aliphatic carbocycles. The molecule has 6 aromatic rings. The Bertz CT molecular complexity index is 1700. The van der Waals surface area contributed by atoms with Gasteiger partial charge in [-0.05, 0) is 33.0 Å². The molecule has 0 fully saturated rings. The highest BCUT2D eigenvalue weighted by Gasteiger charge is 2.39. The van der Waals surface area contributed by atoms with Gasteiger partial charge < -0.3 is 0 Å². The van der Waals surface area contributed by atoms with Crippen LogP contribution in [0.25, 0.3) is 50.8 Å². The first-order valence-electron chi connectivity index (χ1n) is 12.2. The number of aromatic nitrogens is 4. The average Bonchev–Trinajstić information content (AvgIpc) is 3.46. The van der Waals surface area contributed by atoms with E-state index in [4.69, 9.17) is 15.0 Å². The Morgan fingerprint density at radius 2 is 1.19 bits per heavy atom. The maximum Gasteiger partial charge on any atom is 0.238 e. The van der Waals surface area contributed by atoms with E-state index < -0.39 is 8.07 Å². The van der Waals surface area contributed by atoms with E-state index in [9.17, 15) is 0 Å². The molecule has 0 spiro atoms. The molecule has 0 amide bonds. The minimum atomic E-state index is -1.92. The molecule has 0 radical (unpaired) electrons. The second-order valence-corrected chi connectivity index (χ2v) is 14.1. The quantitative estimate of drug-likeness (QED) is 0.294. The van der Waals surface area contributed by atoms with E-state index in [1.807, 2.05) is 60.7 Å². The van der Waals surface area contributed by atoms with Crippen LogP contribution in [0.4, 0.5) is 0 Å². The summed E-state index contributed by atoms with van der Waals surface area (Å²) in [7, 11) is -1.92. The van der Waals surface area contributed by atoms with Crippen molar-refractivity contribution < 1.29 is 0 Å². The zero-order valence-corrected chi connectivity index (χ0v) is 21.2. The summed E-state index contributed by atoms with van der Waals surface area (Å²) < 4.78 is 2.18. The zero-order chi connectivity index (χ0) is 24.3. The van der Waals surface area contributed by atoms with E-state index in [2.05, 4.69) is 66.3 Å². The van der Waals surface area contributed by atoms with E-state index in [1.54, 1.807) is 0 Å². The Morgan fingerprint density at radius 1 is 0.583 bits per heavy atom. The Labute approximate surface area is 211 Å². The van der Waals surface area contributed by atoms with Crippen molar-refractivity contribution in [1.29, 1.82) is 0 Å². The fraction of sp³-hybridized carbons (Fsp3) is 0.0645. The molecule has 4 aromatic carbocycles. The van der Waals surface area contributed by atoms with Crippen molar-refractivity contribution in [2.45, 2.75) is 13.1 Å².